The topological polar surface area (TPSA) is 80.8 Å². The average Bonchev–Trinajstić information content (AvgIpc) is 2.95. The zero-order chi connectivity index (χ0) is 12.8. The summed E-state index contributed by atoms with van der Waals surface area (Å²) in [5.74, 6) is 0. The maximum Gasteiger partial charge on any atom is 0.0964 e. The van der Waals surface area contributed by atoms with Crippen molar-refractivity contribution in [2.75, 3.05) is 13.2 Å². The van der Waals surface area contributed by atoms with Gasteiger partial charge in [0.25, 0.3) is 0 Å². The van der Waals surface area contributed by atoms with Crippen molar-refractivity contribution in [1.82, 2.24) is 30.1 Å². The van der Waals surface area contributed by atoms with Crippen LogP contribution in [0.25, 0.3) is 0 Å². The van der Waals surface area contributed by atoms with E-state index in [0.717, 1.165) is 24.4 Å². The Morgan fingerprint density at radius 1 is 1.39 bits per heavy atom. The second kappa shape index (κ2) is 6.27. The van der Waals surface area contributed by atoms with Crippen molar-refractivity contribution in [1.29, 1.82) is 0 Å². The quantitative estimate of drug-likeness (QED) is 0.637. The molecule has 0 spiro atoms. The van der Waals surface area contributed by atoms with Crippen molar-refractivity contribution < 1.29 is 5.11 Å². The summed E-state index contributed by atoms with van der Waals surface area (Å²) in [5, 5.41) is 24.2. The third kappa shape index (κ3) is 3.64. The molecule has 0 aliphatic carbocycles. The molecular formula is C11H18N6O. The molecule has 7 heteroatoms. The molecule has 0 unspecified atom stereocenters. The van der Waals surface area contributed by atoms with E-state index in [2.05, 4.69) is 20.7 Å². The molecule has 0 saturated carbocycles. The first-order valence-electron chi connectivity index (χ1n) is 5.97. The third-order valence-electron chi connectivity index (χ3n) is 2.55. The largest absolute Gasteiger partial charge is 0.394 e. The van der Waals surface area contributed by atoms with Gasteiger partial charge in [0.05, 0.1) is 24.5 Å². The summed E-state index contributed by atoms with van der Waals surface area (Å²) in [6.45, 7) is 2.10. The monoisotopic (exact) mass is 250 g/mol. The summed E-state index contributed by atoms with van der Waals surface area (Å²) in [6, 6.07) is 2.01. The molecule has 0 fully saturated rings. The van der Waals surface area contributed by atoms with Gasteiger partial charge in [0.15, 0.2) is 0 Å². The lowest BCUT2D eigenvalue weighted by molar-refractivity contribution is 0.268. The van der Waals surface area contributed by atoms with Gasteiger partial charge in [-0.25, -0.2) is 4.68 Å². The number of hydrogen-bond acceptors (Lipinski definition) is 5. The minimum Gasteiger partial charge on any atom is -0.394 e. The van der Waals surface area contributed by atoms with E-state index in [9.17, 15) is 0 Å². The molecule has 2 aromatic heterocycles. The van der Waals surface area contributed by atoms with Crippen LogP contribution in [0.4, 0.5) is 0 Å². The normalized spacial score (nSPS) is 11.0. The molecule has 2 rings (SSSR count). The van der Waals surface area contributed by atoms with Crippen LogP contribution in [0.3, 0.4) is 0 Å². The maximum absolute atomic E-state index is 8.76. The Morgan fingerprint density at radius 3 is 3.00 bits per heavy atom. The van der Waals surface area contributed by atoms with Gasteiger partial charge in [0.2, 0.25) is 0 Å². The van der Waals surface area contributed by atoms with Crippen molar-refractivity contribution in [3.63, 3.8) is 0 Å². The van der Waals surface area contributed by atoms with Gasteiger partial charge in [0.1, 0.15) is 0 Å². The Balaban J connectivity index is 1.68. The fraction of sp³-hybridized carbons (Fsp3) is 0.545. The van der Waals surface area contributed by atoms with Crippen molar-refractivity contribution >= 4 is 0 Å². The number of nitrogens with one attached hydrogen (secondary N) is 1. The predicted molar refractivity (Wildman–Crippen MR) is 65.7 cm³/mol. The molecule has 0 aliphatic heterocycles. The van der Waals surface area contributed by atoms with E-state index in [4.69, 9.17) is 5.11 Å². The van der Waals surface area contributed by atoms with Gasteiger partial charge in [-0.15, -0.1) is 5.10 Å². The van der Waals surface area contributed by atoms with Gasteiger partial charge >= 0.3 is 0 Å². The molecule has 2 N–H and O–H groups in total. The average molecular weight is 250 g/mol. The zero-order valence-corrected chi connectivity index (χ0v) is 10.5. The number of nitrogens with zero attached hydrogens (tertiary/aromatic N) is 5. The zero-order valence-electron chi connectivity index (χ0n) is 10.5. The van der Waals surface area contributed by atoms with Crippen molar-refractivity contribution in [3.05, 3.63) is 29.8 Å². The van der Waals surface area contributed by atoms with E-state index >= 15 is 0 Å². The van der Waals surface area contributed by atoms with Crippen LogP contribution in [0.15, 0.2) is 18.5 Å². The Kier molecular flexibility index (Phi) is 4.43. The van der Waals surface area contributed by atoms with Crippen LogP contribution in [-0.2, 0) is 26.6 Å². The van der Waals surface area contributed by atoms with E-state index in [1.807, 2.05) is 25.5 Å². The van der Waals surface area contributed by atoms with Gasteiger partial charge in [0, 0.05) is 39.0 Å². The first-order chi connectivity index (χ1) is 8.78. The molecule has 18 heavy (non-hydrogen) atoms. The van der Waals surface area contributed by atoms with Crippen LogP contribution in [0.1, 0.15) is 11.4 Å². The summed E-state index contributed by atoms with van der Waals surface area (Å²) < 4.78 is 3.44. The number of aliphatic hydroxyl groups is 1. The molecule has 0 aromatic carbocycles. The van der Waals surface area contributed by atoms with Gasteiger partial charge in [-0.1, -0.05) is 5.21 Å². The number of aromatic nitrogens is 5. The molecule has 2 heterocycles. The molecule has 0 radical (unpaired) electrons. The maximum atomic E-state index is 8.76. The summed E-state index contributed by atoms with van der Waals surface area (Å²) in [4.78, 5) is 0. The fourth-order valence-corrected chi connectivity index (χ4v) is 1.66. The Labute approximate surface area is 105 Å². The van der Waals surface area contributed by atoms with Crippen LogP contribution in [0, 0.1) is 0 Å². The van der Waals surface area contributed by atoms with Gasteiger partial charge in [-0.05, 0) is 6.07 Å². The first-order valence-corrected chi connectivity index (χ1v) is 5.97. The predicted octanol–water partition coefficient (Wildman–Crippen LogP) is -0.664. The lowest BCUT2D eigenvalue weighted by Gasteiger charge is -1.99. The molecular weight excluding hydrogens is 232 g/mol. The number of hydrogen-bond donors (Lipinski definition) is 2. The molecule has 0 aliphatic rings. The summed E-state index contributed by atoms with van der Waals surface area (Å²) in [6.07, 6.45) is 4.67. The molecule has 7 nitrogen and oxygen atoms in total. The van der Waals surface area contributed by atoms with E-state index in [1.54, 1.807) is 9.36 Å². The highest BCUT2D eigenvalue weighted by molar-refractivity contribution is 4.99. The SMILES string of the molecule is Cn1ccc(CCNCc2cn(CCO)nn2)n1. The van der Waals surface area contributed by atoms with Crippen LogP contribution < -0.4 is 5.32 Å². The Bertz CT molecular complexity index is 477. The molecule has 98 valence electrons. The van der Waals surface area contributed by atoms with E-state index < -0.39 is 0 Å². The number of aryl methyl sites for hydroxylation is 1. The van der Waals surface area contributed by atoms with Crippen molar-refractivity contribution in [2.45, 2.75) is 19.5 Å². The summed E-state index contributed by atoms with van der Waals surface area (Å²) in [5.41, 5.74) is 1.96. The minimum atomic E-state index is 0.0793. The summed E-state index contributed by atoms with van der Waals surface area (Å²) >= 11 is 0. The lowest BCUT2D eigenvalue weighted by atomic mass is 10.3. The van der Waals surface area contributed by atoms with Gasteiger partial charge in [-0.2, -0.15) is 5.10 Å². The number of rotatable bonds is 7. The van der Waals surface area contributed by atoms with Crippen molar-refractivity contribution in [2.24, 2.45) is 7.05 Å². The van der Waals surface area contributed by atoms with E-state index in [1.165, 1.54) is 0 Å². The highest BCUT2D eigenvalue weighted by Crippen LogP contribution is 1.95. The van der Waals surface area contributed by atoms with E-state index in [-0.39, 0.29) is 6.61 Å². The minimum absolute atomic E-state index is 0.0793. The standard InChI is InChI=1S/C11H18N6O/c1-16-5-3-10(14-16)2-4-12-8-11-9-17(6-7-18)15-13-11/h3,5,9,12,18H,2,4,6-8H2,1H3. The Hall–Kier alpha value is -1.73. The Morgan fingerprint density at radius 2 is 2.28 bits per heavy atom. The van der Waals surface area contributed by atoms with Crippen molar-refractivity contribution in [3.8, 4) is 0 Å². The smallest absolute Gasteiger partial charge is 0.0964 e. The molecule has 2 aromatic rings. The lowest BCUT2D eigenvalue weighted by Crippen LogP contribution is -2.17. The molecule has 0 atom stereocenters. The molecule has 0 amide bonds. The van der Waals surface area contributed by atoms with Crippen LogP contribution in [-0.4, -0.2) is 43.0 Å². The van der Waals surface area contributed by atoms with Gasteiger partial charge < -0.3 is 10.4 Å². The second-order valence-electron chi connectivity index (χ2n) is 4.10. The first kappa shape index (κ1) is 12.7. The van der Waals surface area contributed by atoms with Crippen LogP contribution in [0.2, 0.25) is 0 Å². The highest BCUT2D eigenvalue weighted by Gasteiger charge is 2.00. The second-order valence-corrected chi connectivity index (χ2v) is 4.10. The number of aliphatic hydroxyl groups excluding tert-OH is 1. The van der Waals surface area contributed by atoms with Gasteiger partial charge in [-0.3, -0.25) is 4.68 Å². The van der Waals surface area contributed by atoms with Crippen LogP contribution in [0.5, 0.6) is 0 Å². The third-order valence-corrected chi connectivity index (χ3v) is 2.55. The van der Waals surface area contributed by atoms with Crippen LogP contribution >= 0.6 is 0 Å². The molecule has 0 bridgehead atoms. The highest BCUT2D eigenvalue weighted by atomic mass is 16.3. The fourth-order valence-electron chi connectivity index (χ4n) is 1.66. The summed E-state index contributed by atoms with van der Waals surface area (Å²) in [7, 11) is 1.91. The van der Waals surface area contributed by atoms with E-state index in [0.29, 0.717) is 13.1 Å². The molecule has 0 saturated heterocycles.